The molecule has 90 valence electrons. The van der Waals surface area contributed by atoms with Gasteiger partial charge in [0.25, 0.3) is 0 Å². The highest BCUT2D eigenvalue weighted by molar-refractivity contribution is 5.25. The highest BCUT2D eigenvalue weighted by Crippen LogP contribution is 2.31. The van der Waals surface area contributed by atoms with Gasteiger partial charge in [-0.2, -0.15) is 0 Å². The fourth-order valence-corrected chi connectivity index (χ4v) is 2.46. The van der Waals surface area contributed by atoms with Crippen LogP contribution >= 0.6 is 0 Å². The second-order valence-electron chi connectivity index (χ2n) is 5.37. The van der Waals surface area contributed by atoms with Crippen molar-refractivity contribution in [3.8, 4) is 0 Å². The van der Waals surface area contributed by atoms with Gasteiger partial charge in [-0.15, -0.1) is 0 Å². The predicted octanol–water partition coefficient (Wildman–Crippen LogP) is 2.37. The Balaban J connectivity index is 2.49. The number of fused-ring (bicyclic) bond motifs is 1. The third-order valence-corrected chi connectivity index (χ3v) is 3.90. The number of imidazole rings is 1. The van der Waals surface area contributed by atoms with Crippen molar-refractivity contribution in [1.82, 2.24) is 9.55 Å². The fraction of sp³-hybridized carbons (Fsp3) is 0.769. The molecular weight excluding hydrogens is 198 g/mol. The lowest BCUT2D eigenvalue weighted by Gasteiger charge is -2.22. The number of nitrogens with zero attached hydrogens (tertiary/aromatic N) is 2. The minimum absolute atomic E-state index is 0.152. The summed E-state index contributed by atoms with van der Waals surface area (Å²) < 4.78 is 2.36. The molecule has 3 heteroatoms. The lowest BCUT2D eigenvalue weighted by molar-refractivity contribution is 0.483. The highest BCUT2D eigenvalue weighted by Gasteiger charge is 2.28. The number of rotatable bonds is 3. The molecule has 0 aromatic carbocycles. The van der Waals surface area contributed by atoms with E-state index in [9.17, 15) is 0 Å². The first kappa shape index (κ1) is 11.6. The quantitative estimate of drug-likeness (QED) is 0.851. The van der Waals surface area contributed by atoms with E-state index in [4.69, 9.17) is 10.7 Å². The monoisotopic (exact) mass is 221 g/mol. The summed E-state index contributed by atoms with van der Waals surface area (Å²) in [5.74, 6) is 1.25. The average Bonchev–Trinajstić information content (AvgIpc) is 2.68. The third kappa shape index (κ3) is 1.77. The second kappa shape index (κ2) is 4.21. The molecule has 0 saturated carbocycles. The maximum atomic E-state index is 5.91. The van der Waals surface area contributed by atoms with Crippen LogP contribution in [-0.4, -0.2) is 9.55 Å². The van der Waals surface area contributed by atoms with Gasteiger partial charge >= 0.3 is 0 Å². The smallest absolute Gasteiger partial charge is 0.109 e. The van der Waals surface area contributed by atoms with Crippen LogP contribution < -0.4 is 5.73 Å². The molecule has 1 aliphatic rings. The third-order valence-electron chi connectivity index (χ3n) is 3.90. The molecule has 3 nitrogen and oxygen atoms in total. The van der Waals surface area contributed by atoms with Gasteiger partial charge in [-0.05, 0) is 19.3 Å². The number of nitrogens with two attached hydrogens (primary N) is 1. The Morgan fingerprint density at radius 3 is 2.75 bits per heavy atom. The first-order valence-corrected chi connectivity index (χ1v) is 6.39. The Morgan fingerprint density at radius 1 is 1.38 bits per heavy atom. The molecule has 0 unspecified atom stereocenters. The summed E-state index contributed by atoms with van der Waals surface area (Å²) in [7, 11) is 0. The predicted molar refractivity (Wildman–Crippen MR) is 66.4 cm³/mol. The second-order valence-corrected chi connectivity index (χ2v) is 5.37. The van der Waals surface area contributed by atoms with Crippen molar-refractivity contribution in [3.05, 3.63) is 17.2 Å². The molecule has 1 aromatic heterocycles. The molecule has 0 fully saturated rings. The zero-order valence-corrected chi connectivity index (χ0v) is 10.7. The first-order chi connectivity index (χ1) is 7.60. The number of aryl methyl sites for hydroxylation is 1. The van der Waals surface area contributed by atoms with Crippen LogP contribution in [0.4, 0.5) is 0 Å². The zero-order valence-electron chi connectivity index (χ0n) is 10.7. The molecule has 0 spiro atoms. The van der Waals surface area contributed by atoms with Crippen LogP contribution in [0.3, 0.4) is 0 Å². The van der Waals surface area contributed by atoms with Gasteiger partial charge in [0, 0.05) is 24.9 Å². The largest absolute Gasteiger partial charge is 0.331 e. The van der Waals surface area contributed by atoms with Crippen LogP contribution in [0.1, 0.15) is 57.2 Å². The first-order valence-electron chi connectivity index (χ1n) is 6.39. The zero-order chi connectivity index (χ0) is 11.8. The van der Waals surface area contributed by atoms with E-state index >= 15 is 0 Å². The number of aromatic nitrogens is 2. The molecule has 2 N–H and O–H groups in total. The van der Waals surface area contributed by atoms with E-state index in [1.165, 1.54) is 30.1 Å². The topological polar surface area (TPSA) is 43.8 Å². The van der Waals surface area contributed by atoms with E-state index in [1.54, 1.807) is 0 Å². The molecule has 1 aromatic rings. The molecular formula is C13H23N3. The molecule has 0 bridgehead atoms. The molecule has 0 radical (unpaired) electrons. The van der Waals surface area contributed by atoms with E-state index in [0.717, 1.165) is 19.4 Å². The van der Waals surface area contributed by atoms with Crippen LogP contribution in [0.25, 0.3) is 0 Å². The standard InChI is InChI=1S/C13H23N3/c1-4-13(2,3)12-10(9-14)16-8-6-5-7-11(16)15-12/h4-9,14H2,1-3H3. The summed E-state index contributed by atoms with van der Waals surface area (Å²) in [6.07, 6.45) is 4.76. The molecule has 2 rings (SSSR count). The van der Waals surface area contributed by atoms with Gasteiger partial charge in [0.05, 0.1) is 11.4 Å². The lowest BCUT2D eigenvalue weighted by Crippen LogP contribution is -2.21. The molecule has 0 saturated heterocycles. The van der Waals surface area contributed by atoms with Gasteiger partial charge in [-0.3, -0.25) is 0 Å². The molecule has 0 aliphatic carbocycles. The van der Waals surface area contributed by atoms with Gasteiger partial charge in [-0.25, -0.2) is 4.98 Å². The summed E-state index contributed by atoms with van der Waals surface area (Å²) in [4.78, 5) is 4.85. The summed E-state index contributed by atoms with van der Waals surface area (Å²) in [6, 6.07) is 0. The van der Waals surface area contributed by atoms with E-state index in [1.807, 2.05) is 0 Å². The van der Waals surface area contributed by atoms with Gasteiger partial charge in [0.15, 0.2) is 0 Å². The summed E-state index contributed by atoms with van der Waals surface area (Å²) >= 11 is 0. The van der Waals surface area contributed by atoms with Crippen molar-refractivity contribution in [2.45, 2.75) is 65.0 Å². The Bertz CT molecular complexity index is 377. The molecule has 0 amide bonds. The molecule has 1 aliphatic heterocycles. The Kier molecular flexibility index (Phi) is 3.06. The highest BCUT2D eigenvalue weighted by atomic mass is 15.1. The summed E-state index contributed by atoms with van der Waals surface area (Å²) in [5, 5.41) is 0. The average molecular weight is 221 g/mol. The minimum atomic E-state index is 0.152. The van der Waals surface area contributed by atoms with E-state index in [0.29, 0.717) is 6.54 Å². The maximum absolute atomic E-state index is 5.91. The van der Waals surface area contributed by atoms with Crippen LogP contribution in [0.5, 0.6) is 0 Å². The van der Waals surface area contributed by atoms with Crippen LogP contribution in [0.15, 0.2) is 0 Å². The fourth-order valence-electron chi connectivity index (χ4n) is 2.46. The summed E-state index contributed by atoms with van der Waals surface area (Å²) in [6.45, 7) is 8.47. The van der Waals surface area contributed by atoms with Gasteiger partial charge in [-0.1, -0.05) is 20.8 Å². The van der Waals surface area contributed by atoms with Gasteiger partial charge < -0.3 is 10.3 Å². The van der Waals surface area contributed by atoms with Gasteiger partial charge in [0.1, 0.15) is 5.82 Å². The Labute approximate surface area is 98.1 Å². The van der Waals surface area contributed by atoms with Crippen molar-refractivity contribution >= 4 is 0 Å². The normalized spacial score (nSPS) is 16.2. The molecule has 2 heterocycles. The molecule has 16 heavy (non-hydrogen) atoms. The van der Waals surface area contributed by atoms with Crippen molar-refractivity contribution in [3.63, 3.8) is 0 Å². The minimum Gasteiger partial charge on any atom is -0.331 e. The number of hydrogen-bond donors (Lipinski definition) is 1. The summed E-state index contributed by atoms with van der Waals surface area (Å²) in [5.41, 5.74) is 8.56. The van der Waals surface area contributed by atoms with E-state index in [2.05, 4.69) is 25.3 Å². The maximum Gasteiger partial charge on any atom is 0.109 e. The van der Waals surface area contributed by atoms with Crippen LogP contribution in [0.2, 0.25) is 0 Å². The van der Waals surface area contributed by atoms with E-state index in [-0.39, 0.29) is 5.41 Å². The van der Waals surface area contributed by atoms with E-state index < -0.39 is 0 Å². The van der Waals surface area contributed by atoms with Crippen molar-refractivity contribution in [2.75, 3.05) is 0 Å². The van der Waals surface area contributed by atoms with Crippen molar-refractivity contribution in [1.29, 1.82) is 0 Å². The Morgan fingerprint density at radius 2 is 2.12 bits per heavy atom. The number of hydrogen-bond acceptors (Lipinski definition) is 2. The lowest BCUT2D eigenvalue weighted by atomic mass is 9.85. The van der Waals surface area contributed by atoms with Crippen molar-refractivity contribution < 1.29 is 0 Å². The Hall–Kier alpha value is -0.830. The van der Waals surface area contributed by atoms with Crippen molar-refractivity contribution in [2.24, 2.45) is 5.73 Å². The molecule has 0 atom stereocenters. The van der Waals surface area contributed by atoms with Crippen LogP contribution in [-0.2, 0) is 24.9 Å². The van der Waals surface area contributed by atoms with Crippen LogP contribution in [0, 0.1) is 0 Å². The SMILES string of the molecule is CCC(C)(C)c1nc2n(c1CN)CCCC2. The van der Waals surface area contributed by atoms with Gasteiger partial charge in [0.2, 0.25) is 0 Å².